The number of hydrogen-bond donors (Lipinski definition) is 1. The molecule has 0 aliphatic heterocycles. The highest BCUT2D eigenvalue weighted by Gasteiger charge is 2.32. The molecule has 0 spiro atoms. The van der Waals surface area contributed by atoms with Crippen molar-refractivity contribution in [3.05, 3.63) is 35.4 Å². The van der Waals surface area contributed by atoms with Crippen molar-refractivity contribution in [2.24, 2.45) is 11.7 Å². The zero-order valence-electron chi connectivity index (χ0n) is 12.5. The quantitative estimate of drug-likeness (QED) is 0.865. The Morgan fingerprint density at radius 2 is 1.71 bits per heavy atom. The fraction of sp³-hybridized carbons (Fsp3) is 0.625. The van der Waals surface area contributed by atoms with Crippen LogP contribution in [0, 0.1) is 5.92 Å². The first-order valence-corrected chi connectivity index (χ1v) is 7.44. The van der Waals surface area contributed by atoms with Crippen LogP contribution < -0.4 is 5.73 Å². The van der Waals surface area contributed by atoms with E-state index < -0.39 is 11.7 Å². The molecule has 0 amide bonds. The summed E-state index contributed by atoms with van der Waals surface area (Å²) in [5.41, 5.74) is 6.31. The highest BCUT2D eigenvalue weighted by Crippen LogP contribution is 2.31. The monoisotopic (exact) mass is 300 g/mol. The molecule has 1 aromatic rings. The first kappa shape index (κ1) is 16.3. The topological polar surface area (TPSA) is 29.3 Å². The molecule has 21 heavy (non-hydrogen) atoms. The van der Waals surface area contributed by atoms with Gasteiger partial charge in [0.2, 0.25) is 0 Å². The zero-order chi connectivity index (χ0) is 15.6. The van der Waals surface area contributed by atoms with E-state index >= 15 is 0 Å². The Balaban J connectivity index is 2.00. The summed E-state index contributed by atoms with van der Waals surface area (Å²) in [7, 11) is 0. The lowest BCUT2D eigenvalue weighted by atomic mass is 10.0. The van der Waals surface area contributed by atoms with E-state index in [1.165, 1.54) is 25.0 Å². The number of hydrogen-bond acceptors (Lipinski definition) is 2. The van der Waals surface area contributed by atoms with E-state index in [-0.39, 0.29) is 6.04 Å². The summed E-state index contributed by atoms with van der Waals surface area (Å²) in [6, 6.07) is 5.57. The second kappa shape index (κ2) is 6.36. The first-order valence-electron chi connectivity index (χ1n) is 7.44. The Morgan fingerprint density at radius 3 is 2.14 bits per heavy atom. The van der Waals surface area contributed by atoms with Gasteiger partial charge in [0.25, 0.3) is 0 Å². The van der Waals surface area contributed by atoms with E-state index in [1.54, 1.807) is 0 Å². The summed E-state index contributed by atoms with van der Waals surface area (Å²) in [6.45, 7) is 6.02. The predicted molar refractivity (Wildman–Crippen MR) is 77.8 cm³/mol. The van der Waals surface area contributed by atoms with Gasteiger partial charge < -0.3 is 5.73 Å². The number of nitrogens with zero attached hydrogens (tertiary/aromatic N) is 1. The molecule has 0 heterocycles. The molecule has 2 N–H and O–H groups in total. The second-order valence-electron chi connectivity index (χ2n) is 6.31. The Kier molecular flexibility index (Phi) is 4.94. The highest BCUT2D eigenvalue weighted by atomic mass is 19.4. The smallest absolute Gasteiger partial charge is 0.323 e. The van der Waals surface area contributed by atoms with Gasteiger partial charge in [0.15, 0.2) is 0 Å². The minimum atomic E-state index is -4.29. The minimum Gasteiger partial charge on any atom is -0.323 e. The second-order valence-corrected chi connectivity index (χ2v) is 6.31. The van der Waals surface area contributed by atoms with E-state index in [0.717, 1.165) is 24.2 Å². The summed E-state index contributed by atoms with van der Waals surface area (Å²) in [5.74, 6) is 0.561. The average Bonchev–Trinajstić information content (AvgIpc) is 3.20. The lowest BCUT2D eigenvalue weighted by Crippen LogP contribution is -2.36. The SMILES string of the molecule is CC(C)CN(CC(N)c1ccc(C(F)(F)F)cc1)C1CC1. The molecule has 118 valence electrons. The van der Waals surface area contributed by atoms with Crippen molar-refractivity contribution < 1.29 is 13.2 Å². The number of rotatable bonds is 6. The molecule has 2 nitrogen and oxygen atoms in total. The molecule has 1 atom stereocenters. The van der Waals surface area contributed by atoms with Gasteiger partial charge in [-0.15, -0.1) is 0 Å². The van der Waals surface area contributed by atoms with Gasteiger partial charge in [-0.3, -0.25) is 4.90 Å². The lowest BCUT2D eigenvalue weighted by molar-refractivity contribution is -0.137. The van der Waals surface area contributed by atoms with Gasteiger partial charge >= 0.3 is 6.18 Å². The molecule has 0 saturated heterocycles. The molecule has 0 bridgehead atoms. The summed E-state index contributed by atoms with van der Waals surface area (Å²) in [4.78, 5) is 2.37. The first-order chi connectivity index (χ1) is 9.77. The van der Waals surface area contributed by atoms with Crippen LogP contribution in [0.15, 0.2) is 24.3 Å². The molecule has 1 aromatic carbocycles. The van der Waals surface area contributed by atoms with Crippen LogP contribution in [0.3, 0.4) is 0 Å². The van der Waals surface area contributed by atoms with Crippen molar-refractivity contribution in [3.8, 4) is 0 Å². The maximum Gasteiger partial charge on any atom is 0.416 e. The van der Waals surface area contributed by atoms with Crippen LogP contribution >= 0.6 is 0 Å². The van der Waals surface area contributed by atoms with Crippen LogP contribution in [0.4, 0.5) is 13.2 Å². The van der Waals surface area contributed by atoms with Gasteiger partial charge in [-0.05, 0) is 36.5 Å². The number of alkyl halides is 3. The molecule has 5 heteroatoms. The Hall–Kier alpha value is -1.07. The predicted octanol–water partition coefficient (Wildman–Crippen LogP) is 3.83. The average molecular weight is 300 g/mol. The number of benzene rings is 1. The maximum atomic E-state index is 12.5. The van der Waals surface area contributed by atoms with Crippen LogP contribution in [-0.4, -0.2) is 24.0 Å². The fourth-order valence-electron chi connectivity index (χ4n) is 2.56. The van der Waals surface area contributed by atoms with E-state index in [2.05, 4.69) is 18.7 Å². The largest absolute Gasteiger partial charge is 0.416 e. The maximum absolute atomic E-state index is 12.5. The Labute approximate surface area is 124 Å². The van der Waals surface area contributed by atoms with Gasteiger partial charge in [-0.1, -0.05) is 26.0 Å². The summed E-state index contributed by atoms with van der Waals surface area (Å²) >= 11 is 0. The molecule has 1 aliphatic rings. The number of halogens is 3. The third kappa shape index (κ3) is 4.71. The molecule has 1 saturated carbocycles. The van der Waals surface area contributed by atoms with Gasteiger partial charge in [0.1, 0.15) is 0 Å². The minimum absolute atomic E-state index is 0.244. The van der Waals surface area contributed by atoms with Gasteiger partial charge in [-0.2, -0.15) is 13.2 Å². The summed E-state index contributed by atoms with van der Waals surface area (Å²) in [6.07, 6.45) is -1.89. The molecule has 1 fully saturated rings. The van der Waals surface area contributed by atoms with Gasteiger partial charge in [0, 0.05) is 25.2 Å². The normalized spacial score (nSPS) is 17.5. The molecule has 0 radical (unpaired) electrons. The molecular weight excluding hydrogens is 277 g/mol. The van der Waals surface area contributed by atoms with Crippen molar-refractivity contribution in [1.82, 2.24) is 4.90 Å². The Morgan fingerprint density at radius 1 is 1.14 bits per heavy atom. The molecule has 0 aromatic heterocycles. The lowest BCUT2D eigenvalue weighted by Gasteiger charge is -2.27. The third-order valence-corrected chi connectivity index (χ3v) is 3.76. The number of nitrogens with two attached hydrogens (primary N) is 1. The van der Waals surface area contributed by atoms with Crippen molar-refractivity contribution >= 4 is 0 Å². The van der Waals surface area contributed by atoms with Crippen molar-refractivity contribution in [1.29, 1.82) is 0 Å². The van der Waals surface area contributed by atoms with Crippen LogP contribution in [0.1, 0.15) is 43.9 Å². The van der Waals surface area contributed by atoms with E-state index in [4.69, 9.17) is 5.73 Å². The van der Waals surface area contributed by atoms with E-state index in [1.807, 2.05) is 0 Å². The Bertz CT molecular complexity index is 450. The highest BCUT2D eigenvalue weighted by molar-refractivity contribution is 5.26. The molecular formula is C16H23F3N2. The third-order valence-electron chi connectivity index (χ3n) is 3.76. The van der Waals surface area contributed by atoms with Gasteiger partial charge in [-0.25, -0.2) is 0 Å². The standard InChI is InChI=1S/C16H23F3N2/c1-11(2)9-21(14-7-8-14)10-15(20)12-3-5-13(6-4-12)16(17,18)19/h3-6,11,14-15H,7-10,20H2,1-2H3. The van der Waals surface area contributed by atoms with E-state index in [0.29, 0.717) is 18.5 Å². The van der Waals surface area contributed by atoms with Crippen molar-refractivity contribution in [2.75, 3.05) is 13.1 Å². The fourth-order valence-corrected chi connectivity index (χ4v) is 2.56. The van der Waals surface area contributed by atoms with Crippen LogP contribution in [0.2, 0.25) is 0 Å². The summed E-state index contributed by atoms with van der Waals surface area (Å²) in [5, 5.41) is 0. The van der Waals surface area contributed by atoms with Crippen LogP contribution in [0.5, 0.6) is 0 Å². The molecule has 1 unspecified atom stereocenters. The van der Waals surface area contributed by atoms with Crippen LogP contribution in [-0.2, 0) is 6.18 Å². The zero-order valence-corrected chi connectivity index (χ0v) is 12.5. The van der Waals surface area contributed by atoms with Crippen molar-refractivity contribution in [3.63, 3.8) is 0 Å². The molecule has 2 rings (SSSR count). The van der Waals surface area contributed by atoms with E-state index in [9.17, 15) is 13.2 Å². The van der Waals surface area contributed by atoms with Crippen LogP contribution in [0.25, 0.3) is 0 Å². The van der Waals surface area contributed by atoms with Gasteiger partial charge in [0.05, 0.1) is 5.56 Å². The summed E-state index contributed by atoms with van der Waals surface area (Å²) < 4.78 is 37.6. The molecule has 1 aliphatic carbocycles. The van der Waals surface area contributed by atoms with Crippen molar-refractivity contribution in [2.45, 2.75) is 44.9 Å².